The largest absolute Gasteiger partial charge is 0.354 e. The van der Waals surface area contributed by atoms with Gasteiger partial charge in [-0.1, -0.05) is 218 Å². The Morgan fingerprint density at radius 2 is 0.346 bits per heavy atom. The van der Waals surface area contributed by atoms with Gasteiger partial charge in [0.25, 0.3) is 0 Å². The van der Waals surface area contributed by atoms with E-state index < -0.39 is 0 Å². The summed E-state index contributed by atoms with van der Waals surface area (Å²) in [5.74, 6) is -2.33. The topological polar surface area (TPSA) is 194 Å². The number of ketones is 8. The predicted octanol–water partition coefficient (Wildman–Crippen LogP) is 17.8. The highest BCUT2D eigenvalue weighted by molar-refractivity contribution is 6.51. The predicted molar refractivity (Wildman–Crippen MR) is 410 cm³/mol. The van der Waals surface area contributed by atoms with Crippen molar-refractivity contribution in [1.29, 1.82) is 0 Å². The molecular weight excluding hydrogens is 1290 g/mol. The summed E-state index contributed by atoms with van der Waals surface area (Å²) in [5.41, 5.74) is 17.5. The maximum Gasteiger partial charge on any atom is 0.194 e. The maximum absolute atomic E-state index is 14.3. The zero-order valence-electron chi connectivity index (χ0n) is 55.2. The molecule has 0 atom stereocenters. The van der Waals surface area contributed by atoms with E-state index in [1.54, 1.807) is 0 Å². The lowest BCUT2D eigenvalue weighted by Crippen LogP contribution is -2.12. The average molecular weight is 1340 g/mol. The molecule has 4 aliphatic carbocycles. The van der Waals surface area contributed by atoms with Crippen LogP contribution in [0.3, 0.4) is 0 Å². The number of hydrogen-bond acceptors (Lipinski definition) is 10. The smallest absolute Gasteiger partial charge is 0.194 e. The van der Waals surface area contributed by atoms with Crippen LogP contribution in [0, 0.1) is 0 Å². The number of carbonyl (C=O) groups excluding carboxylic acids is 8. The van der Waals surface area contributed by atoms with Crippen LogP contribution in [0.1, 0.15) is 67.3 Å². The minimum Gasteiger partial charge on any atom is -0.354 e. The van der Waals surface area contributed by atoms with Gasteiger partial charge in [0.1, 0.15) is 0 Å². The number of nitrogens with one attached hydrogen (secondary N) is 2. The molecule has 17 rings (SSSR count). The fourth-order valence-electron chi connectivity index (χ4n) is 14.3. The number of aromatic amines is 2. The Morgan fingerprint density at radius 1 is 0.183 bits per heavy atom. The quantitative estimate of drug-likeness (QED) is 0.111. The van der Waals surface area contributed by atoms with Gasteiger partial charge in [-0.3, -0.25) is 38.4 Å². The number of hydrogen-bond donors (Lipinski definition) is 2. The summed E-state index contributed by atoms with van der Waals surface area (Å²) >= 11 is 0. The number of nitrogens with zero attached hydrogens (tertiary/aromatic N) is 2. The first-order chi connectivity index (χ1) is 50.8. The van der Waals surface area contributed by atoms with Crippen molar-refractivity contribution in [1.82, 2.24) is 19.9 Å². The van der Waals surface area contributed by atoms with Crippen LogP contribution in [-0.2, 0) is 38.4 Å². The van der Waals surface area contributed by atoms with E-state index in [-0.39, 0.29) is 68.6 Å². The van der Waals surface area contributed by atoms with Crippen LogP contribution in [0.4, 0.5) is 0 Å². The summed E-state index contributed by atoms with van der Waals surface area (Å²) in [4.78, 5) is 129. The number of H-pyrrole nitrogens is 2. The SMILES string of the molecule is O=C1C=C(c2ccccc2)C(=O)C(c2ccc(-c3c4nc(c(-c5ccc(C6=CC(=O)C=C(c7ccccc7)C6=O)cc5)c5ccc([nH]5)c(-c5ccc(C6=CC(=O)C=C(c7ccccc7)C6=O)cc5)c5nc(c(-c6ccc(C7=CC(=O)C=C(c8ccccc8)C7=O)cc6)c6ccc3[nH]6)C=C5)C=C4)cc2)=C1. The molecule has 12 nitrogen and oxygen atoms in total. The molecule has 5 heterocycles. The van der Waals surface area contributed by atoms with Crippen LogP contribution >= 0.6 is 0 Å². The Labute approximate surface area is 595 Å². The zero-order chi connectivity index (χ0) is 70.7. The average Bonchev–Trinajstić information content (AvgIpc) is 1.72. The van der Waals surface area contributed by atoms with Crippen LogP contribution < -0.4 is 0 Å². The zero-order valence-corrected chi connectivity index (χ0v) is 55.2. The highest BCUT2D eigenvalue weighted by atomic mass is 16.2. The molecule has 0 unspecified atom stereocenters. The van der Waals surface area contributed by atoms with Crippen molar-refractivity contribution >= 4 is 137 Å². The van der Waals surface area contributed by atoms with Crippen molar-refractivity contribution in [2.75, 3.05) is 0 Å². The second-order valence-corrected chi connectivity index (χ2v) is 25.7. The lowest BCUT2D eigenvalue weighted by atomic mass is 9.87. The molecule has 0 amide bonds. The van der Waals surface area contributed by atoms with Gasteiger partial charge in [0, 0.05) is 88.9 Å². The third-order valence-corrected chi connectivity index (χ3v) is 19.3. The summed E-state index contributed by atoms with van der Waals surface area (Å²) in [6, 6.07) is 74.3. The number of Topliss-reactive ketones (excluding diaryl/α,β-unsaturated/α-hetero) is 4. The summed E-state index contributed by atoms with van der Waals surface area (Å²) in [6.45, 7) is 0. The van der Waals surface area contributed by atoms with Crippen molar-refractivity contribution in [3.05, 3.63) is 359 Å². The van der Waals surface area contributed by atoms with Gasteiger partial charge in [0.2, 0.25) is 0 Å². The molecule has 3 aromatic heterocycles. The van der Waals surface area contributed by atoms with Crippen LogP contribution in [0.15, 0.2) is 291 Å². The molecule has 8 bridgehead atoms. The standard InChI is InChI=1S/C92H54N4O8/c97-65-45-69(53-13-5-1-6-14-53)89(101)73(49-65)57-21-29-61(30-22-57)85-77-37-39-79(93-77)86(62-31-23-58(24-32-62)74-50-66(98)46-70(90(74)102)54-15-7-2-8-16-54)81-41-43-83(95-81)88(64-35-27-60(28-36-64)76-52-68(100)48-72(92(76)104)56-19-11-4-12-20-56)84-44-42-82(96-84)87(80-40-38-78(85)94-80)63-33-25-59(26-34-63)75-51-67(99)47-71(91(75)103)55-17-9-3-10-18-55/h1-52,93,96H. The number of fused-ring (bicyclic) bond motifs is 8. The molecule has 8 aromatic carbocycles. The molecule has 0 saturated carbocycles. The number of benzene rings is 8. The molecule has 0 saturated heterocycles. The van der Waals surface area contributed by atoms with E-state index >= 15 is 0 Å². The van der Waals surface area contributed by atoms with E-state index in [0.717, 1.165) is 22.3 Å². The molecule has 11 aromatic rings. The third kappa shape index (κ3) is 11.6. The molecular formula is C92H54N4O8. The Morgan fingerprint density at radius 3 is 0.529 bits per heavy atom. The van der Waals surface area contributed by atoms with E-state index in [9.17, 15) is 38.4 Å². The van der Waals surface area contributed by atoms with Crippen LogP contribution in [0.2, 0.25) is 0 Å². The van der Waals surface area contributed by atoms with E-state index in [0.29, 0.717) is 134 Å². The highest BCUT2D eigenvalue weighted by Crippen LogP contribution is 2.42. The van der Waals surface area contributed by atoms with Crippen molar-refractivity contribution in [2.45, 2.75) is 0 Å². The minimum absolute atomic E-state index is 0.260. The fraction of sp³-hybridized carbons (Fsp3) is 0. The molecule has 2 N–H and O–H groups in total. The molecule has 2 aliphatic heterocycles. The second-order valence-electron chi connectivity index (χ2n) is 25.7. The van der Waals surface area contributed by atoms with E-state index in [2.05, 4.69) is 9.97 Å². The Bertz CT molecular complexity index is 5400. The summed E-state index contributed by atoms with van der Waals surface area (Å²) in [6.07, 6.45) is 18.8. The number of rotatable bonds is 12. The first-order valence-corrected chi connectivity index (χ1v) is 33.7. The normalized spacial score (nSPS) is 15.1. The van der Waals surface area contributed by atoms with E-state index in [4.69, 9.17) is 9.97 Å². The van der Waals surface area contributed by atoms with Crippen molar-refractivity contribution < 1.29 is 38.4 Å². The molecule has 12 heteroatoms. The lowest BCUT2D eigenvalue weighted by Gasteiger charge is -2.15. The maximum atomic E-state index is 14.3. The number of allylic oxidation sites excluding steroid dienone is 16. The molecule has 490 valence electrons. The second kappa shape index (κ2) is 26.1. The van der Waals surface area contributed by atoms with Gasteiger partial charge in [-0.05, 0) is 164 Å². The molecule has 0 fully saturated rings. The summed E-state index contributed by atoms with van der Waals surface area (Å²) in [5, 5.41) is 0. The van der Waals surface area contributed by atoms with Crippen LogP contribution in [0.25, 0.3) is 135 Å². The van der Waals surface area contributed by atoms with Crippen LogP contribution in [0.5, 0.6) is 0 Å². The monoisotopic (exact) mass is 1340 g/mol. The number of carbonyl (C=O) groups is 8. The Balaban J connectivity index is 0.863. The molecule has 104 heavy (non-hydrogen) atoms. The first kappa shape index (κ1) is 63.1. The van der Waals surface area contributed by atoms with Crippen molar-refractivity contribution in [3.63, 3.8) is 0 Å². The van der Waals surface area contributed by atoms with Gasteiger partial charge < -0.3 is 9.97 Å². The minimum atomic E-state index is -0.302. The van der Waals surface area contributed by atoms with Crippen molar-refractivity contribution in [2.24, 2.45) is 0 Å². The van der Waals surface area contributed by atoms with Gasteiger partial charge >= 0.3 is 0 Å². The van der Waals surface area contributed by atoms with E-state index in [1.807, 2.05) is 267 Å². The number of aromatic nitrogens is 4. The lowest BCUT2D eigenvalue weighted by molar-refractivity contribution is -0.112. The fourth-order valence-corrected chi connectivity index (χ4v) is 14.3. The van der Waals surface area contributed by atoms with Crippen molar-refractivity contribution in [3.8, 4) is 44.5 Å². The van der Waals surface area contributed by atoms with Gasteiger partial charge in [0.05, 0.1) is 22.8 Å². The third-order valence-electron chi connectivity index (χ3n) is 19.3. The summed E-state index contributed by atoms with van der Waals surface area (Å²) < 4.78 is 0. The summed E-state index contributed by atoms with van der Waals surface area (Å²) in [7, 11) is 0. The van der Waals surface area contributed by atoms with Gasteiger partial charge in [-0.15, -0.1) is 0 Å². The Hall–Kier alpha value is -14.4. The van der Waals surface area contributed by atoms with Gasteiger partial charge in [-0.2, -0.15) is 0 Å². The highest BCUT2D eigenvalue weighted by Gasteiger charge is 2.30. The van der Waals surface area contributed by atoms with Gasteiger partial charge in [-0.25, -0.2) is 9.97 Å². The molecule has 0 spiro atoms. The van der Waals surface area contributed by atoms with Gasteiger partial charge in [0.15, 0.2) is 46.3 Å². The van der Waals surface area contributed by atoms with E-state index in [1.165, 1.54) is 48.6 Å². The first-order valence-electron chi connectivity index (χ1n) is 33.7. The van der Waals surface area contributed by atoms with Crippen LogP contribution in [-0.4, -0.2) is 66.2 Å². The molecule has 6 aliphatic rings. The Kier molecular flexibility index (Phi) is 15.8. The molecule has 0 radical (unpaired) electrons.